The first-order valence-electron chi connectivity index (χ1n) is 3.39. The van der Waals surface area contributed by atoms with Crippen molar-refractivity contribution in [2.75, 3.05) is 0 Å². The molecule has 1 atom stereocenters. The Balaban J connectivity index is 2.78. The second-order valence-electron chi connectivity index (χ2n) is 3.51. The second kappa shape index (κ2) is 2.16. The Morgan fingerprint density at radius 2 is 2.10 bits per heavy atom. The Morgan fingerprint density at radius 3 is 2.30 bits per heavy atom. The maximum atomic E-state index is 5.48. The van der Waals surface area contributed by atoms with Crippen molar-refractivity contribution in [2.45, 2.75) is 26.9 Å². The SMILES string of the molecule is CC(C)(C)C1=CC(N)N=N1. The van der Waals surface area contributed by atoms with Crippen molar-refractivity contribution in [1.82, 2.24) is 0 Å². The number of hydrogen-bond donors (Lipinski definition) is 1. The van der Waals surface area contributed by atoms with Crippen LogP contribution in [-0.2, 0) is 0 Å². The third-order valence-electron chi connectivity index (χ3n) is 1.40. The molecule has 0 aliphatic carbocycles. The summed E-state index contributed by atoms with van der Waals surface area (Å²) in [4.78, 5) is 0. The number of nitrogens with two attached hydrogens (primary N) is 1. The quantitative estimate of drug-likeness (QED) is 0.545. The Morgan fingerprint density at radius 1 is 1.50 bits per heavy atom. The molecule has 0 bridgehead atoms. The average Bonchev–Trinajstić information content (AvgIpc) is 2.11. The lowest BCUT2D eigenvalue weighted by Crippen LogP contribution is -2.12. The second-order valence-corrected chi connectivity index (χ2v) is 3.51. The summed E-state index contributed by atoms with van der Waals surface area (Å²) < 4.78 is 0. The van der Waals surface area contributed by atoms with Crippen molar-refractivity contribution < 1.29 is 0 Å². The van der Waals surface area contributed by atoms with E-state index in [1.54, 1.807) is 0 Å². The zero-order chi connectivity index (χ0) is 7.78. The van der Waals surface area contributed by atoms with Crippen LogP contribution in [0.25, 0.3) is 0 Å². The van der Waals surface area contributed by atoms with Crippen molar-refractivity contribution >= 4 is 0 Å². The number of rotatable bonds is 0. The maximum absolute atomic E-state index is 5.48. The molecule has 0 spiro atoms. The highest BCUT2D eigenvalue weighted by molar-refractivity contribution is 5.14. The minimum atomic E-state index is -0.214. The molecule has 3 heteroatoms. The van der Waals surface area contributed by atoms with Crippen molar-refractivity contribution in [3.8, 4) is 0 Å². The zero-order valence-corrected chi connectivity index (χ0v) is 6.63. The predicted octanol–water partition coefficient (Wildman–Crippen LogP) is 1.67. The van der Waals surface area contributed by atoms with Crippen LogP contribution in [-0.4, -0.2) is 6.17 Å². The van der Waals surface area contributed by atoms with Gasteiger partial charge in [-0.3, -0.25) is 0 Å². The van der Waals surface area contributed by atoms with E-state index in [1.165, 1.54) is 0 Å². The molecule has 1 rings (SSSR count). The highest BCUT2D eigenvalue weighted by Gasteiger charge is 2.20. The van der Waals surface area contributed by atoms with Gasteiger partial charge in [0.05, 0.1) is 5.70 Å². The van der Waals surface area contributed by atoms with Gasteiger partial charge in [-0.15, -0.1) is 0 Å². The molecular weight excluding hydrogens is 126 g/mol. The molecule has 0 radical (unpaired) electrons. The summed E-state index contributed by atoms with van der Waals surface area (Å²) in [6.45, 7) is 6.28. The van der Waals surface area contributed by atoms with Crippen LogP contribution in [0.1, 0.15) is 20.8 Å². The molecule has 0 amide bonds. The van der Waals surface area contributed by atoms with Gasteiger partial charge < -0.3 is 5.73 Å². The summed E-state index contributed by atoms with van der Waals surface area (Å²) >= 11 is 0. The van der Waals surface area contributed by atoms with Crippen molar-refractivity contribution in [2.24, 2.45) is 21.4 Å². The molecule has 56 valence electrons. The van der Waals surface area contributed by atoms with Gasteiger partial charge in [-0.2, -0.15) is 10.2 Å². The van der Waals surface area contributed by atoms with Crippen LogP contribution in [0.5, 0.6) is 0 Å². The van der Waals surface area contributed by atoms with Crippen LogP contribution in [0, 0.1) is 5.41 Å². The molecule has 0 aromatic carbocycles. The van der Waals surface area contributed by atoms with Gasteiger partial charge in [0, 0.05) is 5.41 Å². The van der Waals surface area contributed by atoms with E-state index < -0.39 is 0 Å². The van der Waals surface area contributed by atoms with Crippen LogP contribution >= 0.6 is 0 Å². The Hall–Kier alpha value is -0.700. The molecule has 1 aliphatic heterocycles. The highest BCUT2D eigenvalue weighted by Crippen LogP contribution is 2.29. The topological polar surface area (TPSA) is 50.7 Å². The van der Waals surface area contributed by atoms with E-state index in [9.17, 15) is 0 Å². The standard InChI is InChI=1S/C7H13N3/c1-7(2,3)5-4-6(8)10-9-5/h4,6H,8H2,1-3H3. The van der Waals surface area contributed by atoms with E-state index >= 15 is 0 Å². The molecule has 3 nitrogen and oxygen atoms in total. The molecule has 2 N–H and O–H groups in total. The number of azo groups is 1. The fraction of sp³-hybridized carbons (Fsp3) is 0.714. The first-order valence-corrected chi connectivity index (χ1v) is 3.39. The van der Waals surface area contributed by atoms with E-state index in [2.05, 4.69) is 31.0 Å². The lowest BCUT2D eigenvalue weighted by Gasteiger charge is -2.15. The zero-order valence-electron chi connectivity index (χ0n) is 6.63. The summed E-state index contributed by atoms with van der Waals surface area (Å²) in [5.74, 6) is 0. The number of allylic oxidation sites excluding steroid dienone is 1. The van der Waals surface area contributed by atoms with E-state index in [0.29, 0.717) is 0 Å². The molecule has 0 aromatic rings. The molecule has 0 aromatic heterocycles. The Bertz CT molecular complexity index is 186. The van der Waals surface area contributed by atoms with Gasteiger partial charge in [-0.25, -0.2) is 0 Å². The van der Waals surface area contributed by atoms with E-state index in [0.717, 1.165) is 5.70 Å². The first-order chi connectivity index (χ1) is 4.50. The molecule has 1 aliphatic rings. The normalized spacial score (nSPS) is 25.2. The van der Waals surface area contributed by atoms with E-state index in [1.807, 2.05) is 6.08 Å². The molecular formula is C7H13N3. The summed E-state index contributed by atoms with van der Waals surface area (Å²) in [5, 5.41) is 7.74. The summed E-state index contributed by atoms with van der Waals surface area (Å²) in [7, 11) is 0. The Labute approximate surface area is 61.0 Å². The maximum Gasteiger partial charge on any atom is 0.139 e. The first kappa shape index (κ1) is 7.41. The number of nitrogens with zero attached hydrogens (tertiary/aromatic N) is 2. The van der Waals surface area contributed by atoms with Crippen LogP contribution in [0.4, 0.5) is 0 Å². The van der Waals surface area contributed by atoms with E-state index in [4.69, 9.17) is 5.73 Å². The van der Waals surface area contributed by atoms with Gasteiger partial charge in [0.15, 0.2) is 0 Å². The van der Waals surface area contributed by atoms with Gasteiger partial charge in [-0.05, 0) is 6.08 Å². The smallest absolute Gasteiger partial charge is 0.139 e. The van der Waals surface area contributed by atoms with Gasteiger partial charge in [0.25, 0.3) is 0 Å². The summed E-state index contributed by atoms with van der Waals surface area (Å²) in [5.41, 5.74) is 6.55. The fourth-order valence-electron chi connectivity index (χ4n) is 0.757. The largest absolute Gasteiger partial charge is 0.305 e. The van der Waals surface area contributed by atoms with Crippen molar-refractivity contribution in [1.29, 1.82) is 0 Å². The van der Waals surface area contributed by atoms with Crippen LogP contribution < -0.4 is 5.73 Å². The van der Waals surface area contributed by atoms with Gasteiger partial charge >= 0.3 is 0 Å². The van der Waals surface area contributed by atoms with E-state index in [-0.39, 0.29) is 11.6 Å². The molecule has 1 heterocycles. The van der Waals surface area contributed by atoms with Crippen LogP contribution in [0.15, 0.2) is 22.0 Å². The fourth-order valence-corrected chi connectivity index (χ4v) is 0.757. The summed E-state index contributed by atoms with van der Waals surface area (Å²) in [6, 6.07) is 0. The molecule has 1 unspecified atom stereocenters. The van der Waals surface area contributed by atoms with Gasteiger partial charge in [0.2, 0.25) is 0 Å². The molecule has 10 heavy (non-hydrogen) atoms. The monoisotopic (exact) mass is 139 g/mol. The van der Waals surface area contributed by atoms with Crippen molar-refractivity contribution in [3.63, 3.8) is 0 Å². The molecule has 0 saturated heterocycles. The summed E-state index contributed by atoms with van der Waals surface area (Å²) in [6.07, 6.45) is 1.68. The lowest BCUT2D eigenvalue weighted by molar-refractivity contribution is 0.497. The van der Waals surface area contributed by atoms with Gasteiger partial charge in [0.1, 0.15) is 6.17 Å². The Kier molecular flexibility index (Phi) is 1.60. The van der Waals surface area contributed by atoms with Crippen LogP contribution in [0.2, 0.25) is 0 Å². The molecule has 0 saturated carbocycles. The predicted molar refractivity (Wildman–Crippen MR) is 40.4 cm³/mol. The third kappa shape index (κ3) is 1.42. The lowest BCUT2D eigenvalue weighted by atomic mass is 9.92. The molecule has 0 fully saturated rings. The minimum absolute atomic E-state index is 0.0810. The average molecular weight is 139 g/mol. The van der Waals surface area contributed by atoms with Crippen LogP contribution in [0.3, 0.4) is 0 Å². The van der Waals surface area contributed by atoms with Crippen molar-refractivity contribution in [3.05, 3.63) is 11.8 Å². The van der Waals surface area contributed by atoms with Gasteiger partial charge in [-0.1, -0.05) is 20.8 Å². The highest BCUT2D eigenvalue weighted by atomic mass is 15.2. The third-order valence-corrected chi connectivity index (χ3v) is 1.40. The number of hydrogen-bond acceptors (Lipinski definition) is 3. The minimum Gasteiger partial charge on any atom is -0.305 e.